The summed E-state index contributed by atoms with van der Waals surface area (Å²) >= 11 is 0. The number of methoxy groups -OCH3 is 1. The number of nitrogens with zero attached hydrogens (tertiary/aromatic N) is 5. The molecule has 170 valence electrons. The zero-order valence-electron chi connectivity index (χ0n) is 18.6. The first-order valence-corrected chi connectivity index (χ1v) is 11.2. The molecule has 2 aromatic rings. The van der Waals surface area contributed by atoms with Crippen LogP contribution in [0.1, 0.15) is 42.0 Å². The molecule has 0 aliphatic carbocycles. The summed E-state index contributed by atoms with van der Waals surface area (Å²) < 4.78 is 15.0. The van der Waals surface area contributed by atoms with Gasteiger partial charge in [-0.2, -0.15) is 5.10 Å². The van der Waals surface area contributed by atoms with Gasteiger partial charge in [0, 0.05) is 39.3 Å². The first kappa shape index (κ1) is 22.0. The molecule has 1 amide bonds. The highest BCUT2D eigenvalue weighted by Crippen LogP contribution is 2.40. The van der Waals surface area contributed by atoms with Crippen LogP contribution >= 0.6 is 0 Å². The van der Waals surface area contributed by atoms with Crippen LogP contribution in [0.4, 0.5) is 0 Å². The second-order valence-electron chi connectivity index (χ2n) is 8.84. The van der Waals surface area contributed by atoms with E-state index in [-0.39, 0.29) is 17.4 Å². The van der Waals surface area contributed by atoms with Gasteiger partial charge in [-0.15, -0.1) is 0 Å². The number of aromatic nitrogens is 4. The van der Waals surface area contributed by atoms with Gasteiger partial charge < -0.3 is 19.4 Å². The van der Waals surface area contributed by atoms with Crippen molar-refractivity contribution in [3.8, 4) is 0 Å². The number of hydrogen-bond donors (Lipinski definition) is 1. The monoisotopic (exact) mass is 430 g/mol. The second-order valence-corrected chi connectivity index (χ2v) is 8.84. The third-order valence-corrected chi connectivity index (χ3v) is 6.77. The standard InChI is InChI=1S/C22H34N6O3/c1-26-12-9-23-20(26)16-27-10-6-22(7-11-27)5-3-18(31-17-22)15-24-21(29)19-4-8-25-28(19)13-14-30-2/h4,8-9,12,18H,3,5-7,10-11,13-17H2,1-2H3,(H,24,29)/t18-/m0/s1. The van der Waals surface area contributed by atoms with Gasteiger partial charge >= 0.3 is 0 Å². The van der Waals surface area contributed by atoms with E-state index in [1.807, 2.05) is 12.4 Å². The Morgan fingerprint density at radius 2 is 2.16 bits per heavy atom. The fourth-order valence-electron chi connectivity index (χ4n) is 4.59. The lowest BCUT2D eigenvalue weighted by Gasteiger charge is -2.45. The molecule has 9 heteroatoms. The lowest BCUT2D eigenvalue weighted by atomic mass is 9.73. The van der Waals surface area contributed by atoms with Crippen LogP contribution in [0, 0.1) is 5.41 Å². The summed E-state index contributed by atoms with van der Waals surface area (Å²) in [5.41, 5.74) is 0.849. The van der Waals surface area contributed by atoms with E-state index in [1.54, 1.807) is 24.1 Å². The van der Waals surface area contributed by atoms with Crippen molar-refractivity contribution in [1.29, 1.82) is 0 Å². The van der Waals surface area contributed by atoms with E-state index in [9.17, 15) is 4.79 Å². The molecular formula is C22H34N6O3. The first-order chi connectivity index (χ1) is 15.1. The van der Waals surface area contributed by atoms with E-state index in [0.717, 1.165) is 57.7 Å². The maximum atomic E-state index is 12.5. The highest BCUT2D eigenvalue weighted by atomic mass is 16.5. The number of ether oxygens (including phenoxy) is 2. The molecule has 0 unspecified atom stereocenters. The molecule has 0 saturated carbocycles. The van der Waals surface area contributed by atoms with Gasteiger partial charge in [0.05, 0.1) is 32.4 Å². The molecule has 1 spiro atoms. The van der Waals surface area contributed by atoms with Crippen molar-refractivity contribution in [1.82, 2.24) is 29.5 Å². The number of aryl methyl sites for hydroxylation is 1. The molecular weight excluding hydrogens is 396 g/mol. The molecule has 0 aromatic carbocycles. The number of hydrogen-bond acceptors (Lipinski definition) is 6. The Labute approximate surface area is 183 Å². The van der Waals surface area contributed by atoms with Gasteiger partial charge in [0.2, 0.25) is 0 Å². The number of carbonyl (C=O) groups is 1. The third kappa shape index (κ3) is 5.34. The number of piperidine rings is 1. The van der Waals surface area contributed by atoms with E-state index >= 15 is 0 Å². The van der Waals surface area contributed by atoms with Crippen molar-refractivity contribution in [3.05, 3.63) is 36.2 Å². The molecule has 2 aromatic heterocycles. The molecule has 0 radical (unpaired) electrons. The van der Waals surface area contributed by atoms with Crippen LogP contribution in [-0.2, 0) is 29.6 Å². The smallest absolute Gasteiger partial charge is 0.269 e. The Kier molecular flexibility index (Phi) is 7.04. The Balaban J connectivity index is 1.19. The maximum absolute atomic E-state index is 12.5. The Morgan fingerprint density at radius 1 is 1.32 bits per heavy atom. The van der Waals surface area contributed by atoms with Gasteiger partial charge in [0.15, 0.2) is 0 Å². The molecule has 2 aliphatic rings. The molecule has 1 N–H and O–H groups in total. The van der Waals surface area contributed by atoms with Crippen molar-refractivity contribution in [2.75, 3.05) is 40.0 Å². The van der Waals surface area contributed by atoms with Crippen molar-refractivity contribution in [3.63, 3.8) is 0 Å². The number of carbonyl (C=O) groups excluding carboxylic acids is 1. The fourth-order valence-corrected chi connectivity index (χ4v) is 4.59. The summed E-state index contributed by atoms with van der Waals surface area (Å²) in [7, 11) is 3.69. The second kappa shape index (κ2) is 9.93. The SMILES string of the molecule is COCCn1nccc1C(=O)NC[C@@H]1CCC2(CCN(Cc3nccn3C)CC2)CO1. The van der Waals surface area contributed by atoms with Gasteiger partial charge in [-0.3, -0.25) is 14.4 Å². The summed E-state index contributed by atoms with van der Waals surface area (Å²) in [5.74, 6) is 1.01. The molecule has 2 aliphatic heterocycles. The van der Waals surface area contributed by atoms with Crippen molar-refractivity contribution >= 4 is 5.91 Å². The number of likely N-dealkylation sites (tertiary alicyclic amines) is 1. The van der Waals surface area contributed by atoms with Gasteiger partial charge in [-0.05, 0) is 50.3 Å². The van der Waals surface area contributed by atoms with Crippen molar-refractivity contribution in [2.24, 2.45) is 12.5 Å². The minimum Gasteiger partial charge on any atom is -0.383 e. The Bertz CT molecular complexity index is 845. The summed E-state index contributed by atoms with van der Waals surface area (Å²) in [6.45, 7) is 5.49. The lowest BCUT2D eigenvalue weighted by molar-refractivity contribution is -0.0846. The molecule has 1 atom stereocenters. The Hall–Kier alpha value is -2.23. The highest BCUT2D eigenvalue weighted by molar-refractivity contribution is 5.92. The fraction of sp³-hybridized carbons (Fsp3) is 0.682. The zero-order valence-corrected chi connectivity index (χ0v) is 18.6. The van der Waals surface area contributed by atoms with E-state index in [0.29, 0.717) is 25.4 Å². The van der Waals surface area contributed by atoms with Crippen LogP contribution in [0.2, 0.25) is 0 Å². The quantitative estimate of drug-likeness (QED) is 0.682. The molecule has 9 nitrogen and oxygen atoms in total. The van der Waals surface area contributed by atoms with Gasteiger partial charge in [0.1, 0.15) is 11.5 Å². The lowest BCUT2D eigenvalue weighted by Crippen LogP contribution is -2.47. The molecule has 4 heterocycles. The first-order valence-electron chi connectivity index (χ1n) is 11.2. The predicted octanol–water partition coefficient (Wildman–Crippen LogP) is 1.45. The molecule has 2 saturated heterocycles. The predicted molar refractivity (Wildman–Crippen MR) is 116 cm³/mol. The maximum Gasteiger partial charge on any atom is 0.269 e. The van der Waals surface area contributed by atoms with E-state index in [2.05, 4.69) is 31.9 Å². The summed E-state index contributed by atoms with van der Waals surface area (Å²) in [6.07, 6.45) is 10.1. The van der Waals surface area contributed by atoms with E-state index in [1.165, 1.54) is 0 Å². The highest BCUT2D eigenvalue weighted by Gasteiger charge is 2.39. The van der Waals surface area contributed by atoms with Crippen molar-refractivity contribution < 1.29 is 14.3 Å². The average Bonchev–Trinajstić information content (AvgIpc) is 3.42. The van der Waals surface area contributed by atoms with Crippen LogP contribution in [-0.4, -0.2) is 76.2 Å². The number of rotatable bonds is 8. The van der Waals surface area contributed by atoms with E-state index in [4.69, 9.17) is 9.47 Å². The zero-order chi connectivity index (χ0) is 21.7. The Morgan fingerprint density at radius 3 is 2.84 bits per heavy atom. The molecule has 0 bridgehead atoms. The molecule has 2 fully saturated rings. The third-order valence-electron chi connectivity index (χ3n) is 6.77. The van der Waals surface area contributed by atoms with E-state index < -0.39 is 0 Å². The summed E-state index contributed by atoms with van der Waals surface area (Å²) in [4.78, 5) is 19.5. The number of amides is 1. The van der Waals surface area contributed by atoms with Crippen LogP contribution in [0.25, 0.3) is 0 Å². The minimum absolute atomic E-state index is 0.0792. The van der Waals surface area contributed by atoms with Crippen LogP contribution in [0.3, 0.4) is 0 Å². The topological polar surface area (TPSA) is 86.4 Å². The summed E-state index contributed by atoms with van der Waals surface area (Å²) in [5, 5.41) is 7.21. The van der Waals surface area contributed by atoms with Gasteiger partial charge in [-0.25, -0.2) is 4.98 Å². The normalized spacial score (nSPS) is 21.4. The van der Waals surface area contributed by atoms with Crippen molar-refractivity contribution in [2.45, 2.75) is 44.9 Å². The van der Waals surface area contributed by atoms with Gasteiger partial charge in [-0.1, -0.05) is 0 Å². The largest absolute Gasteiger partial charge is 0.383 e. The van der Waals surface area contributed by atoms with Crippen LogP contribution < -0.4 is 5.32 Å². The van der Waals surface area contributed by atoms with Gasteiger partial charge in [0.25, 0.3) is 5.91 Å². The minimum atomic E-state index is -0.111. The summed E-state index contributed by atoms with van der Waals surface area (Å²) in [6, 6.07) is 1.74. The molecule has 4 rings (SSSR count). The number of nitrogens with one attached hydrogen (secondary N) is 1. The number of imidazole rings is 1. The van der Waals surface area contributed by atoms with Crippen LogP contribution in [0.5, 0.6) is 0 Å². The van der Waals surface area contributed by atoms with Crippen LogP contribution in [0.15, 0.2) is 24.7 Å². The molecule has 31 heavy (non-hydrogen) atoms. The average molecular weight is 431 g/mol.